The van der Waals surface area contributed by atoms with E-state index >= 15 is 0 Å². The monoisotopic (exact) mass is 524 g/mol. The molecule has 0 aliphatic carbocycles. The Bertz CT molecular complexity index is 1170. The van der Waals surface area contributed by atoms with Gasteiger partial charge in [-0.3, -0.25) is 4.90 Å². The molecule has 5 rings (SSSR count). The van der Waals surface area contributed by atoms with Gasteiger partial charge in [0.1, 0.15) is 34.7 Å². The topological polar surface area (TPSA) is 58.8 Å². The van der Waals surface area contributed by atoms with E-state index in [1.165, 1.54) is 10.8 Å². The van der Waals surface area contributed by atoms with Gasteiger partial charge in [-0.25, -0.2) is 13.2 Å². The van der Waals surface area contributed by atoms with Gasteiger partial charge in [0.15, 0.2) is 0 Å². The highest BCUT2D eigenvalue weighted by Crippen LogP contribution is 2.40. The average Bonchev–Trinajstić information content (AvgIpc) is 3.27. The number of morpholine rings is 1. The number of hydrogen-bond donors (Lipinski definition) is 0. The van der Waals surface area contributed by atoms with Crippen molar-refractivity contribution in [2.75, 3.05) is 37.6 Å². The smallest absolute Gasteiger partial charge is 0.255 e. The summed E-state index contributed by atoms with van der Waals surface area (Å²) in [4.78, 5) is 12.5. The molecule has 2 fully saturated rings. The summed E-state index contributed by atoms with van der Waals surface area (Å²) in [5.74, 6) is -1.89. The van der Waals surface area contributed by atoms with Crippen molar-refractivity contribution in [2.24, 2.45) is 5.92 Å². The molecule has 2 aliphatic heterocycles. The van der Waals surface area contributed by atoms with Gasteiger partial charge >= 0.3 is 0 Å². The first-order chi connectivity index (χ1) is 17.2. The zero-order valence-electron chi connectivity index (χ0n) is 21.0. The van der Waals surface area contributed by atoms with Gasteiger partial charge in [-0.2, -0.15) is 19.6 Å². The van der Waals surface area contributed by atoms with Crippen LogP contribution in [0.5, 0.6) is 0 Å². The van der Waals surface area contributed by atoms with Crippen molar-refractivity contribution in [3.05, 3.63) is 41.1 Å². The summed E-state index contributed by atoms with van der Waals surface area (Å²) in [6, 6.07) is 1.25. The van der Waals surface area contributed by atoms with Crippen molar-refractivity contribution in [1.29, 1.82) is 0 Å². The number of anilines is 1. The molecule has 0 N–H and O–H groups in total. The predicted molar refractivity (Wildman–Crippen MR) is 134 cm³/mol. The fourth-order valence-electron chi connectivity index (χ4n) is 4.85. The first-order valence-electron chi connectivity index (χ1n) is 12.3. The summed E-state index contributed by atoms with van der Waals surface area (Å²) >= 11 is 6.29. The Kier molecular flexibility index (Phi) is 8.37. The van der Waals surface area contributed by atoms with Gasteiger partial charge < -0.3 is 9.64 Å². The second-order valence-corrected chi connectivity index (χ2v) is 9.95. The van der Waals surface area contributed by atoms with Crippen molar-refractivity contribution < 1.29 is 17.9 Å². The lowest BCUT2D eigenvalue weighted by atomic mass is 9.98. The minimum atomic E-state index is -1.04. The molecule has 3 aromatic rings. The lowest BCUT2D eigenvalue weighted by molar-refractivity contribution is -0.0664. The Hall–Kier alpha value is -2.43. The third-order valence-electron chi connectivity index (χ3n) is 6.64. The van der Waals surface area contributed by atoms with Gasteiger partial charge in [0.25, 0.3) is 5.78 Å². The van der Waals surface area contributed by atoms with Crippen LogP contribution in [-0.2, 0) is 4.74 Å². The van der Waals surface area contributed by atoms with Crippen LogP contribution < -0.4 is 4.90 Å². The summed E-state index contributed by atoms with van der Waals surface area (Å²) in [5.41, 5.74) is -0.371. The molecule has 2 aliphatic rings. The van der Waals surface area contributed by atoms with Crippen molar-refractivity contribution in [3.8, 4) is 11.1 Å². The maximum atomic E-state index is 14.5. The van der Waals surface area contributed by atoms with E-state index in [4.69, 9.17) is 16.3 Å². The van der Waals surface area contributed by atoms with E-state index in [2.05, 4.69) is 47.7 Å². The Labute approximate surface area is 214 Å². The SMILES string of the molecule is CC1CCN(c2c(-c3c(F)cc(F)cc3F)c(Cl)nc3ncnn23)CC1.CCN1CC(C)OC(C)C1. The first kappa shape index (κ1) is 26.6. The van der Waals surface area contributed by atoms with Crippen LogP contribution in [0.3, 0.4) is 0 Å². The average molecular weight is 525 g/mol. The van der Waals surface area contributed by atoms with Crippen LogP contribution in [0, 0.1) is 23.4 Å². The fourth-order valence-corrected chi connectivity index (χ4v) is 5.11. The van der Waals surface area contributed by atoms with Crippen LogP contribution in [0.25, 0.3) is 16.9 Å². The molecule has 36 heavy (non-hydrogen) atoms. The number of likely N-dealkylation sites (N-methyl/N-ethyl adjacent to an activating group) is 1. The van der Waals surface area contributed by atoms with Crippen LogP contribution in [0.15, 0.2) is 18.5 Å². The van der Waals surface area contributed by atoms with E-state index in [-0.39, 0.29) is 16.5 Å². The van der Waals surface area contributed by atoms with Crippen molar-refractivity contribution in [2.45, 2.75) is 52.7 Å². The van der Waals surface area contributed by atoms with E-state index in [9.17, 15) is 13.2 Å². The van der Waals surface area contributed by atoms with Crippen molar-refractivity contribution >= 4 is 23.2 Å². The molecule has 4 heterocycles. The number of nitrogens with zero attached hydrogens (tertiary/aromatic N) is 6. The maximum Gasteiger partial charge on any atom is 0.255 e. The minimum absolute atomic E-state index is 0.0502. The maximum absolute atomic E-state index is 14.5. The van der Waals surface area contributed by atoms with Crippen molar-refractivity contribution in [1.82, 2.24) is 24.5 Å². The Morgan fingerprint density at radius 3 is 2.19 bits per heavy atom. The third kappa shape index (κ3) is 5.76. The zero-order chi connectivity index (χ0) is 26.0. The molecule has 2 unspecified atom stereocenters. The van der Waals surface area contributed by atoms with Crippen LogP contribution in [0.4, 0.5) is 19.0 Å². The quantitative estimate of drug-likeness (QED) is 0.438. The molecule has 11 heteroatoms. The Morgan fingerprint density at radius 2 is 1.61 bits per heavy atom. The number of ether oxygens (including phenoxy) is 1. The van der Waals surface area contributed by atoms with Gasteiger partial charge in [0.2, 0.25) is 0 Å². The molecular formula is C25H32ClF3N6O. The largest absolute Gasteiger partial charge is 0.373 e. The second-order valence-electron chi connectivity index (χ2n) is 9.60. The van der Waals surface area contributed by atoms with Crippen LogP contribution in [-0.4, -0.2) is 69.4 Å². The number of benzene rings is 1. The third-order valence-corrected chi connectivity index (χ3v) is 6.91. The number of piperidine rings is 1. The molecule has 1 aromatic carbocycles. The van der Waals surface area contributed by atoms with Crippen LogP contribution in [0.2, 0.25) is 5.15 Å². The Morgan fingerprint density at radius 1 is 1.00 bits per heavy atom. The molecule has 0 saturated carbocycles. The molecule has 0 spiro atoms. The van der Waals surface area contributed by atoms with Gasteiger partial charge in [-0.15, -0.1) is 0 Å². The van der Waals surface area contributed by atoms with Gasteiger partial charge in [-0.05, 0) is 39.2 Å². The van der Waals surface area contributed by atoms with E-state index in [0.29, 0.717) is 49.2 Å². The molecule has 2 saturated heterocycles. The number of fused-ring (bicyclic) bond motifs is 1. The van der Waals surface area contributed by atoms with Crippen LogP contribution in [0.1, 0.15) is 40.5 Å². The van der Waals surface area contributed by atoms with Crippen molar-refractivity contribution in [3.63, 3.8) is 0 Å². The molecular weight excluding hydrogens is 493 g/mol. The number of aromatic nitrogens is 4. The summed E-state index contributed by atoms with van der Waals surface area (Å²) < 4.78 is 49.3. The van der Waals surface area contributed by atoms with Crippen LogP contribution >= 0.6 is 11.6 Å². The number of hydrogen-bond acceptors (Lipinski definition) is 6. The lowest BCUT2D eigenvalue weighted by Gasteiger charge is -2.34. The minimum Gasteiger partial charge on any atom is -0.373 e. The van der Waals surface area contributed by atoms with E-state index in [1.54, 1.807) is 0 Å². The molecule has 0 bridgehead atoms. The summed E-state index contributed by atoms with van der Waals surface area (Å²) in [7, 11) is 0. The highest BCUT2D eigenvalue weighted by atomic mass is 35.5. The van der Waals surface area contributed by atoms with Gasteiger partial charge in [0, 0.05) is 38.3 Å². The molecule has 7 nitrogen and oxygen atoms in total. The molecule has 2 atom stereocenters. The highest BCUT2D eigenvalue weighted by Gasteiger charge is 2.29. The zero-order valence-corrected chi connectivity index (χ0v) is 21.8. The fraction of sp³-hybridized carbons (Fsp3) is 0.560. The number of rotatable bonds is 3. The summed E-state index contributed by atoms with van der Waals surface area (Å²) in [6.07, 6.45) is 3.98. The summed E-state index contributed by atoms with van der Waals surface area (Å²) in [5, 5.41) is 4.03. The normalized spacial score (nSPS) is 21.5. The standard InChI is InChI=1S/C17H15ClF3N5.C8H17NO/c1-9-2-4-25(5-3-9)16-14(13-11(20)6-10(19)7-12(13)21)15(18)24-17-22-8-23-26(16)17;1-4-9-5-7(2)10-8(3)6-9/h6-9H,2-5H2,1H3;7-8H,4-6H2,1-3H3. The molecule has 2 aromatic heterocycles. The Balaban J connectivity index is 0.000000256. The molecule has 0 radical (unpaired) electrons. The first-order valence-corrected chi connectivity index (χ1v) is 12.7. The van der Waals surface area contributed by atoms with E-state index < -0.39 is 23.0 Å². The second kappa shape index (κ2) is 11.3. The van der Waals surface area contributed by atoms with E-state index in [0.717, 1.165) is 32.5 Å². The predicted octanol–water partition coefficient (Wildman–Crippen LogP) is 5.21. The summed E-state index contributed by atoms with van der Waals surface area (Å²) in [6.45, 7) is 13.3. The molecule has 0 amide bonds. The number of halogens is 4. The highest BCUT2D eigenvalue weighted by molar-refractivity contribution is 6.33. The lowest BCUT2D eigenvalue weighted by Crippen LogP contribution is -2.45. The van der Waals surface area contributed by atoms with E-state index in [1.807, 2.05) is 4.90 Å². The van der Waals surface area contributed by atoms with Gasteiger partial charge in [0.05, 0.1) is 23.3 Å². The molecule has 196 valence electrons. The van der Waals surface area contributed by atoms with Gasteiger partial charge in [-0.1, -0.05) is 25.4 Å².